The predicted octanol–water partition coefficient (Wildman–Crippen LogP) is 4.88. The molecule has 1 aliphatic carbocycles. The number of rotatable bonds is 3. The van der Waals surface area contributed by atoms with Gasteiger partial charge in [0.05, 0.1) is 5.92 Å². The van der Waals surface area contributed by atoms with Gasteiger partial charge in [-0.05, 0) is 46.7 Å². The van der Waals surface area contributed by atoms with Gasteiger partial charge in [0, 0.05) is 5.75 Å². The number of aryl methyl sites for hydroxylation is 1. The fraction of sp³-hybridized carbons (Fsp3) is 0.250. The minimum Gasteiger partial charge on any atom is -0.299 e. The summed E-state index contributed by atoms with van der Waals surface area (Å²) in [4.78, 5) is 12.3. The Morgan fingerprint density at radius 3 is 2.05 bits per heavy atom. The first kappa shape index (κ1) is 15.1. The van der Waals surface area contributed by atoms with E-state index in [1.165, 1.54) is 11.1 Å². The predicted molar refractivity (Wildman–Crippen MR) is 96.4 cm³/mol. The molecule has 3 rings (SSSR count). The molecule has 0 amide bonds. The van der Waals surface area contributed by atoms with E-state index in [9.17, 15) is 4.79 Å². The molecular weight excluding hydrogens is 288 g/mol. The number of Topliss-reactive ketones (excluding diaryl/α,β-unsaturated/α-hetero) is 1. The number of fused-ring (bicyclic) bond motifs is 2. The Hall–Kier alpha value is -1.80. The van der Waals surface area contributed by atoms with Crippen LogP contribution in [0.5, 0.6) is 0 Å². The lowest BCUT2D eigenvalue weighted by molar-refractivity contribution is -0.117. The monoisotopic (exact) mass is 308 g/mol. The van der Waals surface area contributed by atoms with E-state index in [2.05, 4.69) is 68.1 Å². The topological polar surface area (TPSA) is 17.1 Å². The van der Waals surface area contributed by atoms with Gasteiger partial charge in [0.25, 0.3) is 0 Å². The van der Waals surface area contributed by atoms with E-state index in [-0.39, 0.29) is 11.7 Å². The molecule has 2 aromatic rings. The minimum absolute atomic E-state index is 0.181. The van der Waals surface area contributed by atoms with Gasteiger partial charge in [-0.1, -0.05) is 55.5 Å². The highest BCUT2D eigenvalue weighted by Crippen LogP contribution is 2.36. The number of carbonyl (C=O) groups excluding carboxylic acids is 1. The molecule has 0 saturated carbocycles. The van der Waals surface area contributed by atoms with E-state index in [1.807, 2.05) is 0 Å². The zero-order chi connectivity index (χ0) is 15.7. The summed E-state index contributed by atoms with van der Waals surface area (Å²) in [5, 5.41) is 0. The number of thiol groups is 1. The second kappa shape index (κ2) is 6.13. The lowest BCUT2D eigenvalue weighted by Gasteiger charge is -2.18. The minimum atomic E-state index is -0.181. The van der Waals surface area contributed by atoms with E-state index < -0.39 is 0 Å². The van der Waals surface area contributed by atoms with Crippen LogP contribution in [-0.2, 0) is 17.0 Å². The van der Waals surface area contributed by atoms with E-state index in [1.54, 1.807) is 6.92 Å². The Labute approximate surface area is 137 Å². The summed E-state index contributed by atoms with van der Waals surface area (Å²) in [6.45, 7) is 3.84. The zero-order valence-corrected chi connectivity index (χ0v) is 13.9. The van der Waals surface area contributed by atoms with Crippen LogP contribution in [0.25, 0.3) is 12.2 Å². The fourth-order valence-electron chi connectivity index (χ4n) is 3.17. The van der Waals surface area contributed by atoms with Crippen molar-refractivity contribution in [1.82, 2.24) is 0 Å². The number of hydrogen-bond acceptors (Lipinski definition) is 2. The molecule has 22 heavy (non-hydrogen) atoms. The summed E-state index contributed by atoms with van der Waals surface area (Å²) in [6, 6.07) is 12.7. The lowest BCUT2D eigenvalue weighted by Crippen LogP contribution is -2.12. The van der Waals surface area contributed by atoms with Crippen molar-refractivity contribution in [2.45, 2.75) is 31.9 Å². The molecule has 2 heteroatoms. The van der Waals surface area contributed by atoms with Crippen molar-refractivity contribution in [2.24, 2.45) is 0 Å². The molecule has 0 aromatic heterocycles. The first-order valence-electron chi connectivity index (χ1n) is 7.69. The average molecular weight is 308 g/mol. The fourth-order valence-corrected chi connectivity index (χ4v) is 3.36. The van der Waals surface area contributed by atoms with E-state index in [0.29, 0.717) is 5.75 Å². The van der Waals surface area contributed by atoms with Crippen LogP contribution >= 0.6 is 12.6 Å². The van der Waals surface area contributed by atoms with Crippen LogP contribution in [0.15, 0.2) is 36.4 Å². The molecule has 0 bridgehead atoms. The van der Waals surface area contributed by atoms with Gasteiger partial charge in [0.2, 0.25) is 0 Å². The molecule has 112 valence electrons. The van der Waals surface area contributed by atoms with E-state index in [0.717, 1.165) is 28.7 Å². The summed E-state index contributed by atoms with van der Waals surface area (Å²) >= 11 is 4.35. The highest BCUT2D eigenvalue weighted by atomic mass is 32.1. The van der Waals surface area contributed by atoms with Crippen LogP contribution in [0, 0.1) is 0 Å². The second-order valence-electron chi connectivity index (χ2n) is 5.82. The van der Waals surface area contributed by atoms with E-state index >= 15 is 0 Å². The number of benzene rings is 2. The van der Waals surface area contributed by atoms with Crippen molar-refractivity contribution in [3.05, 3.63) is 69.8 Å². The summed E-state index contributed by atoms with van der Waals surface area (Å²) in [5.41, 5.74) is 6.96. The van der Waals surface area contributed by atoms with Crippen molar-refractivity contribution in [3.8, 4) is 0 Å². The second-order valence-corrected chi connectivity index (χ2v) is 6.13. The van der Waals surface area contributed by atoms with Crippen molar-refractivity contribution in [3.63, 3.8) is 0 Å². The van der Waals surface area contributed by atoms with Gasteiger partial charge in [-0.15, -0.1) is 0 Å². The Morgan fingerprint density at radius 2 is 1.55 bits per heavy atom. The standard InChI is InChI=1S/C20H20OS/c1-3-14-4-8-18-16(10-14)6-7-17-11-15(12-22)5-9-19(17)20(18)13(2)21/h4-11,20,22H,3,12H2,1-2H3. The first-order valence-corrected chi connectivity index (χ1v) is 8.32. The molecule has 0 radical (unpaired) electrons. The Kier molecular flexibility index (Phi) is 4.21. The average Bonchev–Trinajstić information content (AvgIpc) is 2.70. The molecule has 0 aliphatic heterocycles. The third-order valence-electron chi connectivity index (χ3n) is 4.36. The smallest absolute Gasteiger partial charge is 0.141 e. The van der Waals surface area contributed by atoms with Crippen molar-refractivity contribution in [1.29, 1.82) is 0 Å². The van der Waals surface area contributed by atoms with Crippen LogP contribution in [0.3, 0.4) is 0 Å². The summed E-state index contributed by atoms with van der Waals surface area (Å²) < 4.78 is 0. The molecule has 0 saturated heterocycles. The number of ketones is 1. The maximum absolute atomic E-state index is 12.3. The van der Waals surface area contributed by atoms with Gasteiger partial charge in [0.1, 0.15) is 5.78 Å². The SMILES string of the molecule is CCc1ccc2c(c1)C=Cc1cc(CS)ccc1C2C(C)=O. The van der Waals surface area contributed by atoms with Crippen LogP contribution in [0.1, 0.15) is 53.1 Å². The number of hydrogen-bond donors (Lipinski definition) is 1. The third-order valence-corrected chi connectivity index (χ3v) is 4.73. The van der Waals surface area contributed by atoms with Crippen LogP contribution in [-0.4, -0.2) is 5.78 Å². The largest absolute Gasteiger partial charge is 0.299 e. The Bertz CT molecular complexity index is 701. The van der Waals surface area contributed by atoms with Crippen molar-refractivity contribution in [2.75, 3.05) is 0 Å². The van der Waals surface area contributed by atoms with Crippen molar-refractivity contribution < 1.29 is 4.79 Å². The molecule has 0 N–H and O–H groups in total. The van der Waals surface area contributed by atoms with Gasteiger partial charge in [-0.25, -0.2) is 0 Å². The summed E-state index contributed by atoms with van der Waals surface area (Å²) in [7, 11) is 0. The van der Waals surface area contributed by atoms with Crippen molar-refractivity contribution >= 4 is 30.6 Å². The molecule has 0 fully saturated rings. The van der Waals surface area contributed by atoms with E-state index in [4.69, 9.17) is 0 Å². The van der Waals surface area contributed by atoms with Gasteiger partial charge >= 0.3 is 0 Å². The maximum atomic E-state index is 12.3. The molecule has 1 unspecified atom stereocenters. The third kappa shape index (κ3) is 2.64. The normalized spacial score (nSPS) is 15.9. The molecule has 1 aliphatic rings. The highest BCUT2D eigenvalue weighted by Gasteiger charge is 2.25. The van der Waals surface area contributed by atoms with Gasteiger partial charge in [-0.3, -0.25) is 4.79 Å². The van der Waals surface area contributed by atoms with Crippen LogP contribution in [0.2, 0.25) is 0 Å². The Morgan fingerprint density at radius 1 is 1.00 bits per heavy atom. The van der Waals surface area contributed by atoms with Crippen LogP contribution in [0.4, 0.5) is 0 Å². The molecule has 1 nitrogen and oxygen atoms in total. The molecular formula is C20H20OS. The zero-order valence-electron chi connectivity index (χ0n) is 13.0. The molecule has 0 heterocycles. The van der Waals surface area contributed by atoms with Gasteiger partial charge in [-0.2, -0.15) is 12.6 Å². The van der Waals surface area contributed by atoms with Crippen LogP contribution < -0.4 is 0 Å². The summed E-state index contributed by atoms with van der Waals surface area (Å²) in [5.74, 6) is 0.715. The molecule has 0 spiro atoms. The quantitative estimate of drug-likeness (QED) is 0.799. The first-order chi connectivity index (χ1) is 10.6. The Balaban J connectivity index is 2.23. The number of carbonyl (C=O) groups is 1. The van der Waals surface area contributed by atoms with Gasteiger partial charge < -0.3 is 0 Å². The highest BCUT2D eigenvalue weighted by molar-refractivity contribution is 7.79. The lowest BCUT2D eigenvalue weighted by atomic mass is 9.84. The maximum Gasteiger partial charge on any atom is 0.141 e. The van der Waals surface area contributed by atoms with Gasteiger partial charge in [0.15, 0.2) is 0 Å². The molecule has 1 atom stereocenters. The molecule has 2 aromatic carbocycles. The summed E-state index contributed by atoms with van der Waals surface area (Å²) in [6.07, 6.45) is 5.27.